The average molecular weight is 692 g/mol. The van der Waals surface area contributed by atoms with E-state index in [9.17, 15) is 14.4 Å². The zero-order valence-corrected chi connectivity index (χ0v) is 29.9. The van der Waals surface area contributed by atoms with Crippen molar-refractivity contribution in [3.63, 3.8) is 0 Å². The van der Waals surface area contributed by atoms with Crippen molar-refractivity contribution in [1.82, 2.24) is 4.90 Å². The van der Waals surface area contributed by atoms with E-state index in [-0.39, 0.29) is 24.0 Å². The number of carboxylic acid groups (broad SMARTS) is 1. The molecule has 1 fully saturated rings. The molecule has 3 aromatic carbocycles. The molecule has 1 aliphatic rings. The van der Waals surface area contributed by atoms with E-state index in [2.05, 4.69) is 0 Å². The number of carbonyl (C=O) groups excluding carboxylic acids is 2. The maximum atomic E-state index is 14.3. The monoisotopic (exact) mass is 691 g/mol. The van der Waals surface area contributed by atoms with E-state index >= 15 is 0 Å². The molecule has 0 unspecified atom stereocenters. The summed E-state index contributed by atoms with van der Waals surface area (Å²) in [5, 5.41) is 9.14. The molecular weight excluding hydrogens is 642 g/mol. The molecule has 1 heterocycles. The van der Waals surface area contributed by atoms with E-state index in [1.807, 2.05) is 31.2 Å². The quantitative estimate of drug-likeness (QED) is 0.159. The van der Waals surface area contributed by atoms with Gasteiger partial charge in [0.05, 0.1) is 47.5 Å². The van der Waals surface area contributed by atoms with Crippen LogP contribution in [0.2, 0.25) is 0 Å². The second-order valence-corrected chi connectivity index (χ2v) is 12.3. The molecule has 1 N–H and O–H groups in total. The Morgan fingerprint density at radius 2 is 1.52 bits per heavy atom. The predicted octanol–water partition coefficient (Wildman–Crippen LogP) is 6.44. The first-order chi connectivity index (χ1) is 24.2. The van der Waals surface area contributed by atoms with E-state index in [0.717, 1.165) is 29.5 Å². The number of rotatable bonds is 18. The molecule has 1 aliphatic heterocycles. The number of carbonyl (C=O) groups is 3. The van der Waals surface area contributed by atoms with Crippen molar-refractivity contribution >= 4 is 17.7 Å². The van der Waals surface area contributed by atoms with Crippen LogP contribution in [0.3, 0.4) is 0 Å². The van der Waals surface area contributed by atoms with E-state index in [0.29, 0.717) is 66.7 Å². The van der Waals surface area contributed by atoms with Crippen molar-refractivity contribution < 1.29 is 47.9 Å². The summed E-state index contributed by atoms with van der Waals surface area (Å²) in [6.07, 6.45) is 4.22. The predicted molar refractivity (Wildman–Crippen MR) is 188 cm³/mol. The molecule has 0 radical (unpaired) electrons. The van der Waals surface area contributed by atoms with Crippen LogP contribution < -0.4 is 28.4 Å². The van der Waals surface area contributed by atoms with Gasteiger partial charge in [-0.3, -0.25) is 9.59 Å². The van der Waals surface area contributed by atoms with Crippen LogP contribution in [0.4, 0.5) is 0 Å². The number of Topliss-reactive ketones (excluding diaryl/α,β-unsaturated/α-hetero) is 1. The number of ether oxygens (including phenoxy) is 6. The molecule has 270 valence electrons. The number of carboxylic acids is 1. The van der Waals surface area contributed by atoms with Gasteiger partial charge in [-0.15, -0.1) is 0 Å². The van der Waals surface area contributed by atoms with Crippen molar-refractivity contribution in [3.05, 3.63) is 71.3 Å². The topological polar surface area (TPSA) is 130 Å². The SMILES string of the molecule is CC[C@H](C(=O)N1CCCC[C@H]1C(=O)C[C@H](CCc1ccc(OC)c(OC)c1)c1cccc(OCC(=O)O)c1)c1cc(OC)c(OC)c(OC)c1. The maximum Gasteiger partial charge on any atom is 0.341 e. The zero-order valence-electron chi connectivity index (χ0n) is 29.9. The molecule has 11 heteroatoms. The van der Waals surface area contributed by atoms with Crippen molar-refractivity contribution in [2.75, 3.05) is 48.7 Å². The highest BCUT2D eigenvalue weighted by Gasteiger charge is 2.37. The minimum atomic E-state index is -1.07. The van der Waals surface area contributed by atoms with Crippen LogP contribution in [0.25, 0.3) is 0 Å². The fraction of sp³-hybridized carbons (Fsp3) is 0.462. The molecule has 4 rings (SSSR count). The molecule has 1 saturated heterocycles. The molecule has 1 amide bonds. The van der Waals surface area contributed by atoms with Crippen molar-refractivity contribution in [2.45, 2.75) is 69.7 Å². The zero-order chi connectivity index (χ0) is 36.2. The number of hydrogen-bond acceptors (Lipinski definition) is 9. The number of amides is 1. The summed E-state index contributed by atoms with van der Waals surface area (Å²) in [5.41, 5.74) is 2.61. The second kappa shape index (κ2) is 18.2. The van der Waals surface area contributed by atoms with Gasteiger partial charge in [0.25, 0.3) is 0 Å². The normalized spacial score (nSPS) is 15.4. The lowest BCUT2D eigenvalue weighted by Gasteiger charge is -2.37. The number of aryl methyl sites for hydroxylation is 1. The van der Waals surface area contributed by atoms with E-state index in [1.165, 1.54) is 7.11 Å². The molecule has 0 aliphatic carbocycles. The molecule has 0 spiro atoms. The Morgan fingerprint density at radius 3 is 2.14 bits per heavy atom. The molecular formula is C39H49NO10. The van der Waals surface area contributed by atoms with Gasteiger partial charge < -0.3 is 38.4 Å². The number of benzene rings is 3. The Labute approximate surface area is 294 Å². The Hall–Kier alpha value is -4.93. The van der Waals surface area contributed by atoms with Gasteiger partial charge in [-0.1, -0.05) is 25.1 Å². The number of ketones is 1. The van der Waals surface area contributed by atoms with E-state index in [1.54, 1.807) is 63.7 Å². The van der Waals surface area contributed by atoms with Crippen LogP contribution >= 0.6 is 0 Å². The van der Waals surface area contributed by atoms with Crippen LogP contribution in [-0.4, -0.2) is 82.4 Å². The third-order valence-corrected chi connectivity index (χ3v) is 9.32. The van der Waals surface area contributed by atoms with Gasteiger partial charge in [0.1, 0.15) is 5.75 Å². The first-order valence-corrected chi connectivity index (χ1v) is 17.0. The van der Waals surface area contributed by atoms with Crippen LogP contribution in [-0.2, 0) is 20.8 Å². The molecule has 50 heavy (non-hydrogen) atoms. The molecule has 3 atom stereocenters. The Kier molecular flexibility index (Phi) is 13.8. The fourth-order valence-corrected chi connectivity index (χ4v) is 6.73. The number of hydrogen-bond donors (Lipinski definition) is 1. The highest BCUT2D eigenvalue weighted by molar-refractivity contribution is 5.92. The summed E-state index contributed by atoms with van der Waals surface area (Å²) in [7, 11) is 7.79. The third-order valence-electron chi connectivity index (χ3n) is 9.32. The van der Waals surface area contributed by atoms with Gasteiger partial charge in [-0.05, 0) is 97.5 Å². The summed E-state index contributed by atoms with van der Waals surface area (Å²) in [5.74, 6) is 1.12. The standard InChI is InChI=1S/C39H49NO10/c1-7-30(28-22-35(47-4)38(49-6)36(23-28)48-5)39(44)40-18-9-8-13-31(40)32(41)21-27(26-11-10-12-29(20-26)50-24-37(42)43)16-14-25-15-17-33(45-2)34(19-25)46-3/h10-12,15,17,19-20,22-23,27,30-31H,7-9,13-14,16,18,21,24H2,1-6H3,(H,42,43)/t27-,30-,31-/m0/s1. The first-order valence-electron chi connectivity index (χ1n) is 17.0. The number of aliphatic carboxylic acids is 1. The Morgan fingerprint density at radius 1 is 0.820 bits per heavy atom. The third kappa shape index (κ3) is 9.19. The van der Waals surface area contributed by atoms with Crippen molar-refractivity contribution in [3.8, 4) is 34.5 Å². The number of piperidine rings is 1. The molecule has 3 aromatic rings. The summed E-state index contributed by atoms with van der Waals surface area (Å²) in [4.78, 5) is 41.6. The Bertz CT molecular complexity index is 1600. The highest BCUT2D eigenvalue weighted by Crippen LogP contribution is 2.42. The highest BCUT2D eigenvalue weighted by atomic mass is 16.5. The van der Waals surface area contributed by atoms with Crippen molar-refractivity contribution in [2.24, 2.45) is 0 Å². The summed E-state index contributed by atoms with van der Waals surface area (Å²) >= 11 is 0. The second-order valence-electron chi connectivity index (χ2n) is 12.3. The fourth-order valence-electron chi connectivity index (χ4n) is 6.73. The lowest BCUT2D eigenvalue weighted by atomic mass is 9.84. The summed E-state index contributed by atoms with van der Waals surface area (Å²) in [6.45, 7) is 1.98. The largest absolute Gasteiger partial charge is 0.493 e. The van der Waals surface area contributed by atoms with E-state index in [4.69, 9.17) is 33.5 Å². The van der Waals surface area contributed by atoms with Crippen LogP contribution in [0.15, 0.2) is 54.6 Å². The van der Waals surface area contributed by atoms with E-state index < -0.39 is 24.5 Å². The first kappa shape index (κ1) is 37.9. The van der Waals surface area contributed by atoms with Crippen LogP contribution in [0.1, 0.15) is 74.0 Å². The lowest BCUT2D eigenvalue weighted by molar-refractivity contribution is -0.142. The molecule has 0 saturated carbocycles. The van der Waals surface area contributed by atoms with Crippen molar-refractivity contribution in [1.29, 1.82) is 0 Å². The molecule has 11 nitrogen and oxygen atoms in total. The minimum Gasteiger partial charge on any atom is -0.493 e. The van der Waals surface area contributed by atoms with Gasteiger partial charge in [0.15, 0.2) is 35.4 Å². The minimum absolute atomic E-state index is 0.00744. The lowest BCUT2D eigenvalue weighted by Crippen LogP contribution is -2.49. The number of methoxy groups -OCH3 is 5. The average Bonchev–Trinajstić information content (AvgIpc) is 3.15. The molecule has 0 bridgehead atoms. The summed E-state index contributed by atoms with van der Waals surface area (Å²) < 4.78 is 33.0. The maximum absolute atomic E-state index is 14.3. The van der Waals surface area contributed by atoms with Gasteiger partial charge in [0, 0.05) is 13.0 Å². The van der Waals surface area contributed by atoms with Crippen LogP contribution in [0, 0.1) is 0 Å². The Balaban J connectivity index is 1.61. The van der Waals surface area contributed by atoms with Crippen LogP contribution in [0.5, 0.6) is 34.5 Å². The van der Waals surface area contributed by atoms with Gasteiger partial charge in [0.2, 0.25) is 11.7 Å². The summed E-state index contributed by atoms with van der Waals surface area (Å²) in [6, 6.07) is 16.0. The number of likely N-dealkylation sites (tertiary alicyclic amines) is 1. The molecule has 0 aromatic heterocycles. The van der Waals surface area contributed by atoms with Gasteiger partial charge in [-0.25, -0.2) is 4.79 Å². The smallest absolute Gasteiger partial charge is 0.341 e. The van der Waals surface area contributed by atoms with Gasteiger partial charge in [-0.2, -0.15) is 0 Å². The number of nitrogens with zero attached hydrogens (tertiary/aromatic N) is 1. The van der Waals surface area contributed by atoms with Gasteiger partial charge >= 0.3 is 5.97 Å².